The number of halogens is 1. The summed E-state index contributed by atoms with van der Waals surface area (Å²) in [6.45, 7) is 4.68. The average Bonchev–Trinajstić information content (AvgIpc) is 2.57. The molecule has 100 valence electrons. The molecule has 0 aliphatic heterocycles. The Hall–Kier alpha value is -0.640. The molecule has 18 heavy (non-hydrogen) atoms. The maximum absolute atomic E-state index is 10.6. The number of nitrogens with zero attached hydrogens (tertiary/aromatic N) is 1. The fourth-order valence-corrected chi connectivity index (χ4v) is 3.26. The van der Waals surface area contributed by atoms with E-state index in [1.165, 1.54) is 0 Å². The van der Waals surface area contributed by atoms with Gasteiger partial charge in [0.1, 0.15) is 0 Å². The summed E-state index contributed by atoms with van der Waals surface area (Å²) in [5.74, 6) is 0. The van der Waals surface area contributed by atoms with Crippen LogP contribution in [0.2, 0.25) is 5.02 Å². The Kier molecular flexibility index (Phi) is 3.67. The maximum Gasteiger partial charge on any atom is 0.0662 e. The average molecular weight is 269 g/mol. The van der Waals surface area contributed by atoms with Crippen molar-refractivity contribution >= 4 is 11.6 Å². The minimum Gasteiger partial charge on any atom is -0.392 e. The van der Waals surface area contributed by atoms with Crippen molar-refractivity contribution in [1.29, 1.82) is 0 Å². The molecule has 3 nitrogen and oxygen atoms in total. The van der Waals surface area contributed by atoms with Crippen molar-refractivity contribution in [2.75, 3.05) is 6.54 Å². The standard InChI is InChI=1S/C14H21ClN2O/c1-13(2)4-5-14(9-16,12(13)18)7-10-3-6-17-8-11(10)15/h3,6,8,12,18H,4-5,7,9,16H2,1-2H3. The lowest BCUT2D eigenvalue weighted by Gasteiger charge is -2.36. The van der Waals surface area contributed by atoms with Gasteiger partial charge in [-0.05, 0) is 36.3 Å². The summed E-state index contributed by atoms with van der Waals surface area (Å²) in [6.07, 6.45) is 5.64. The summed E-state index contributed by atoms with van der Waals surface area (Å²) in [7, 11) is 0. The van der Waals surface area contributed by atoms with Crippen LogP contribution in [0, 0.1) is 10.8 Å². The van der Waals surface area contributed by atoms with E-state index in [1.807, 2.05) is 6.07 Å². The van der Waals surface area contributed by atoms with Crippen molar-refractivity contribution in [3.8, 4) is 0 Å². The Morgan fingerprint density at radius 1 is 1.50 bits per heavy atom. The highest BCUT2D eigenvalue weighted by molar-refractivity contribution is 6.31. The lowest BCUT2D eigenvalue weighted by atomic mass is 9.74. The zero-order valence-corrected chi connectivity index (χ0v) is 11.7. The minimum atomic E-state index is -0.390. The number of aromatic nitrogens is 1. The second-order valence-electron chi connectivity index (χ2n) is 6.10. The van der Waals surface area contributed by atoms with E-state index in [0.717, 1.165) is 24.8 Å². The van der Waals surface area contributed by atoms with E-state index in [9.17, 15) is 5.11 Å². The summed E-state index contributed by atoms with van der Waals surface area (Å²) < 4.78 is 0. The van der Waals surface area contributed by atoms with Gasteiger partial charge in [-0.3, -0.25) is 4.98 Å². The van der Waals surface area contributed by atoms with Gasteiger partial charge in [-0.1, -0.05) is 25.4 Å². The van der Waals surface area contributed by atoms with Crippen LogP contribution < -0.4 is 5.73 Å². The number of hydrogen-bond acceptors (Lipinski definition) is 3. The molecule has 0 radical (unpaired) electrons. The molecular weight excluding hydrogens is 248 g/mol. The summed E-state index contributed by atoms with van der Waals surface area (Å²) >= 11 is 6.16. The van der Waals surface area contributed by atoms with Gasteiger partial charge in [-0.25, -0.2) is 0 Å². The fourth-order valence-electron chi connectivity index (χ4n) is 3.07. The normalized spacial score (nSPS) is 30.6. The van der Waals surface area contributed by atoms with E-state index in [-0.39, 0.29) is 16.9 Å². The Morgan fingerprint density at radius 2 is 2.22 bits per heavy atom. The predicted molar refractivity (Wildman–Crippen MR) is 73.5 cm³/mol. The highest BCUT2D eigenvalue weighted by atomic mass is 35.5. The van der Waals surface area contributed by atoms with Gasteiger partial charge >= 0.3 is 0 Å². The fraction of sp³-hybridized carbons (Fsp3) is 0.643. The molecule has 0 spiro atoms. The number of pyridine rings is 1. The number of aliphatic hydroxyl groups is 1. The van der Waals surface area contributed by atoms with E-state index in [2.05, 4.69) is 18.8 Å². The first-order valence-corrected chi connectivity index (χ1v) is 6.76. The van der Waals surface area contributed by atoms with Crippen molar-refractivity contribution in [2.24, 2.45) is 16.6 Å². The number of aliphatic hydroxyl groups excluding tert-OH is 1. The molecule has 1 aromatic heterocycles. The number of hydrogen-bond donors (Lipinski definition) is 2. The van der Waals surface area contributed by atoms with Crippen molar-refractivity contribution in [2.45, 2.75) is 39.2 Å². The van der Waals surface area contributed by atoms with Gasteiger partial charge in [-0.15, -0.1) is 0 Å². The molecule has 0 bridgehead atoms. The topological polar surface area (TPSA) is 59.1 Å². The second-order valence-corrected chi connectivity index (χ2v) is 6.51. The van der Waals surface area contributed by atoms with Gasteiger partial charge in [0.25, 0.3) is 0 Å². The lowest BCUT2D eigenvalue weighted by Crippen LogP contribution is -2.44. The molecule has 0 saturated heterocycles. The van der Waals surface area contributed by atoms with Crippen molar-refractivity contribution < 1.29 is 5.11 Å². The first-order valence-electron chi connectivity index (χ1n) is 6.38. The first-order chi connectivity index (χ1) is 8.41. The van der Waals surface area contributed by atoms with E-state index < -0.39 is 0 Å². The molecule has 2 atom stereocenters. The molecule has 1 aliphatic rings. The van der Waals surface area contributed by atoms with Gasteiger partial charge in [-0.2, -0.15) is 0 Å². The molecule has 1 fully saturated rings. The third-order valence-corrected chi connectivity index (χ3v) is 4.73. The third kappa shape index (κ3) is 2.27. The van der Waals surface area contributed by atoms with E-state index in [1.54, 1.807) is 12.4 Å². The van der Waals surface area contributed by atoms with Gasteiger partial charge < -0.3 is 10.8 Å². The van der Waals surface area contributed by atoms with Crippen molar-refractivity contribution in [3.05, 3.63) is 29.0 Å². The van der Waals surface area contributed by atoms with Crippen LogP contribution >= 0.6 is 11.6 Å². The smallest absolute Gasteiger partial charge is 0.0662 e. The highest BCUT2D eigenvalue weighted by Gasteiger charge is 2.50. The monoisotopic (exact) mass is 268 g/mol. The molecule has 1 heterocycles. The lowest BCUT2D eigenvalue weighted by molar-refractivity contribution is -0.00463. The zero-order chi connectivity index (χ0) is 13.4. The Bertz CT molecular complexity index is 436. The summed E-state index contributed by atoms with van der Waals surface area (Å²) in [4.78, 5) is 3.99. The maximum atomic E-state index is 10.6. The van der Waals surface area contributed by atoms with Crippen LogP contribution in [0.25, 0.3) is 0 Å². The molecule has 2 rings (SSSR count). The summed E-state index contributed by atoms with van der Waals surface area (Å²) in [6, 6.07) is 1.91. The van der Waals surface area contributed by atoms with Crippen LogP contribution in [0.1, 0.15) is 32.3 Å². The Morgan fingerprint density at radius 3 is 2.72 bits per heavy atom. The predicted octanol–water partition coefficient (Wildman–Crippen LogP) is 2.40. The van der Waals surface area contributed by atoms with Crippen LogP contribution in [0.15, 0.2) is 18.5 Å². The largest absolute Gasteiger partial charge is 0.392 e. The van der Waals surface area contributed by atoms with Crippen LogP contribution in [0.3, 0.4) is 0 Å². The van der Waals surface area contributed by atoms with Crippen LogP contribution in [0.4, 0.5) is 0 Å². The molecule has 1 aromatic rings. The molecule has 0 amide bonds. The molecule has 0 aromatic carbocycles. The number of nitrogens with two attached hydrogens (primary N) is 1. The van der Waals surface area contributed by atoms with E-state index in [4.69, 9.17) is 17.3 Å². The minimum absolute atomic E-state index is 0.0706. The van der Waals surface area contributed by atoms with E-state index in [0.29, 0.717) is 11.6 Å². The summed E-state index contributed by atoms with van der Waals surface area (Å²) in [5.41, 5.74) is 6.66. The van der Waals surface area contributed by atoms with Gasteiger partial charge in [0.2, 0.25) is 0 Å². The van der Waals surface area contributed by atoms with Crippen LogP contribution in [0.5, 0.6) is 0 Å². The molecule has 2 unspecified atom stereocenters. The molecule has 4 heteroatoms. The van der Waals surface area contributed by atoms with Crippen LogP contribution in [-0.2, 0) is 6.42 Å². The Labute approximate surface area is 113 Å². The van der Waals surface area contributed by atoms with Gasteiger partial charge in [0.05, 0.1) is 11.1 Å². The molecule has 1 aliphatic carbocycles. The van der Waals surface area contributed by atoms with Gasteiger partial charge in [0, 0.05) is 24.4 Å². The summed E-state index contributed by atoms with van der Waals surface area (Å²) in [5, 5.41) is 11.2. The third-order valence-electron chi connectivity index (χ3n) is 4.39. The molecular formula is C14H21ClN2O. The second kappa shape index (κ2) is 4.80. The highest BCUT2D eigenvalue weighted by Crippen LogP contribution is 2.50. The van der Waals surface area contributed by atoms with Gasteiger partial charge in [0.15, 0.2) is 0 Å². The zero-order valence-electron chi connectivity index (χ0n) is 11.0. The van der Waals surface area contributed by atoms with Crippen LogP contribution in [-0.4, -0.2) is 22.7 Å². The molecule has 3 N–H and O–H groups in total. The Balaban J connectivity index is 2.28. The number of rotatable bonds is 3. The van der Waals surface area contributed by atoms with Crippen molar-refractivity contribution in [3.63, 3.8) is 0 Å². The first kappa shape index (κ1) is 13.8. The quantitative estimate of drug-likeness (QED) is 0.885. The van der Waals surface area contributed by atoms with E-state index >= 15 is 0 Å². The SMILES string of the molecule is CC1(C)CCC(CN)(Cc2ccncc2Cl)C1O. The molecule has 1 saturated carbocycles. The van der Waals surface area contributed by atoms with Crippen molar-refractivity contribution in [1.82, 2.24) is 4.98 Å².